The molecule has 0 saturated carbocycles. The lowest BCUT2D eigenvalue weighted by molar-refractivity contribution is 0.415. The lowest BCUT2D eigenvalue weighted by Crippen LogP contribution is -1.94. The van der Waals surface area contributed by atoms with Crippen LogP contribution in [0.25, 0.3) is 27.8 Å². The highest BCUT2D eigenvalue weighted by molar-refractivity contribution is 14.1. The number of ether oxygens (including phenoxy) is 1. The molecule has 4 aromatic rings. The van der Waals surface area contributed by atoms with Gasteiger partial charge in [-0.15, -0.1) is 0 Å². The zero-order valence-corrected chi connectivity index (χ0v) is 16.2. The second-order valence-corrected chi connectivity index (χ2v) is 7.08. The third kappa shape index (κ3) is 2.98. The van der Waals surface area contributed by atoms with E-state index < -0.39 is 0 Å². The molecule has 0 atom stereocenters. The molecule has 2 aromatic heterocycles. The van der Waals surface area contributed by atoms with Crippen molar-refractivity contribution >= 4 is 45.2 Å². The first-order valence-corrected chi connectivity index (χ1v) is 9.05. The number of hydrogen-bond acceptors (Lipinski definition) is 3. The number of fused-ring (bicyclic) bond motifs is 1. The standard InChI is InChI=1S/C19H13ClIN3O/c1-25-15-8-2-12(3-9-15)16-10-24(14-6-4-13(21)5-7-14)19-17(16)18(20)22-11-23-19/h2-11H,1H3. The number of aromatic nitrogens is 3. The van der Waals surface area contributed by atoms with Crippen molar-refractivity contribution in [2.45, 2.75) is 0 Å². The fourth-order valence-corrected chi connectivity index (χ4v) is 3.40. The Morgan fingerprint density at radius 2 is 1.72 bits per heavy atom. The maximum absolute atomic E-state index is 6.41. The van der Waals surface area contributed by atoms with Gasteiger partial charge in [-0.05, 0) is 64.6 Å². The van der Waals surface area contributed by atoms with Gasteiger partial charge in [-0.25, -0.2) is 9.97 Å². The summed E-state index contributed by atoms with van der Waals surface area (Å²) >= 11 is 8.70. The molecule has 0 aliphatic carbocycles. The van der Waals surface area contributed by atoms with Crippen LogP contribution >= 0.6 is 34.2 Å². The molecule has 6 heteroatoms. The van der Waals surface area contributed by atoms with Gasteiger partial charge in [0.2, 0.25) is 0 Å². The minimum Gasteiger partial charge on any atom is -0.497 e. The zero-order valence-electron chi connectivity index (χ0n) is 13.3. The smallest absolute Gasteiger partial charge is 0.150 e. The summed E-state index contributed by atoms with van der Waals surface area (Å²) in [4.78, 5) is 8.62. The van der Waals surface area contributed by atoms with Crippen LogP contribution in [0.2, 0.25) is 5.15 Å². The van der Waals surface area contributed by atoms with Crippen LogP contribution in [0, 0.1) is 3.57 Å². The molecule has 25 heavy (non-hydrogen) atoms. The maximum atomic E-state index is 6.41. The summed E-state index contributed by atoms with van der Waals surface area (Å²) in [7, 11) is 1.66. The van der Waals surface area contributed by atoms with Crippen LogP contribution < -0.4 is 4.74 Å². The first kappa shape index (κ1) is 16.4. The van der Waals surface area contributed by atoms with Crippen LogP contribution in [0.5, 0.6) is 5.75 Å². The Kier molecular flexibility index (Phi) is 4.35. The van der Waals surface area contributed by atoms with E-state index in [1.807, 2.05) is 28.8 Å². The van der Waals surface area contributed by atoms with Crippen LogP contribution in [0.3, 0.4) is 0 Å². The largest absolute Gasteiger partial charge is 0.497 e. The van der Waals surface area contributed by atoms with E-state index in [1.54, 1.807) is 7.11 Å². The molecule has 0 radical (unpaired) electrons. The fourth-order valence-electron chi connectivity index (χ4n) is 2.81. The molecule has 124 valence electrons. The van der Waals surface area contributed by atoms with E-state index in [9.17, 15) is 0 Å². The minimum atomic E-state index is 0.445. The van der Waals surface area contributed by atoms with Crippen molar-refractivity contribution in [1.82, 2.24) is 14.5 Å². The van der Waals surface area contributed by atoms with Crippen molar-refractivity contribution in [1.29, 1.82) is 0 Å². The molecule has 0 amide bonds. The van der Waals surface area contributed by atoms with Crippen LogP contribution in [0.15, 0.2) is 61.1 Å². The molecule has 0 saturated heterocycles. The lowest BCUT2D eigenvalue weighted by atomic mass is 10.1. The topological polar surface area (TPSA) is 39.9 Å². The lowest BCUT2D eigenvalue weighted by Gasteiger charge is -2.04. The van der Waals surface area contributed by atoms with Gasteiger partial charge in [0, 0.05) is 21.0 Å². The number of nitrogens with zero attached hydrogens (tertiary/aromatic N) is 3. The van der Waals surface area contributed by atoms with Crippen molar-refractivity contribution < 1.29 is 4.74 Å². The molecule has 0 aliphatic rings. The summed E-state index contributed by atoms with van der Waals surface area (Å²) in [6.45, 7) is 0. The highest BCUT2D eigenvalue weighted by Gasteiger charge is 2.16. The first-order chi connectivity index (χ1) is 12.2. The highest BCUT2D eigenvalue weighted by Crippen LogP contribution is 2.35. The molecule has 0 fully saturated rings. The Morgan fingerprint density at radius 3 is 2.40 bits per heavy atom. The third-order valence-corrected chi connectivity index (χ3v) is 5.05. The van der Waals surface area contributed by atoms with E-state index in [4.69, 9.17) is 16.3 Å². The Labute approximate surface area is 163 Å². The molecule has 0 unspecified atom stereocenters. The molecule has 0 aliphatic heterocycles. The predicted octanol–water partition coefficient (Wildman–Crippen LogP) is 5.35. The van der Waals surface area contributed by atoms with Crippen molar-refractivity contribution in [3.63, 3.8) is 0 Å². The summed E-state index contributed by atoms with van der Waals surface area (Å²) in [5.74, 6) is 0.812. The molecule has 2 aromatic carbocycles. The van der Waals surface area contributed by atoms with Crippen LogP contribution in [-0.2, 0) is 0 Å². The fraction of sp³-hybridized carbons (Fsp3) is 0.0526. The van der Waals surface area contributed by atoms with Gasteiger partial charge < -0.3 is 9.30 Å². The predicted molar refractivity (Wildman–Crippen MR) is 109 cm³/mol. The molecule has 0 spiro atoms. The number of benzene rings is 2. The van der Waals surface area contributed by atoms with Gasteiger partial charge in [-0.3, -0.25) is 0 Å². The van der Waals surface area contributed by atoms with Crippen molar-refractivity contribution in [3.8, 4) is 22.6 Å². The van der Waals surface area contributed by atoms with E-state index in [1.165, 1.54) is 9.90 Å². The first-order valence-electron chi connectivity index (χ1n) is 7.59. The summed E-state index contributed by atoms with van der Waals surface area (Å²) in [6, 6.07) is 16.1. The van der Waals surface area contributed by atoms with Crippen molar-refractivity contribution in [2.24, 2.45) is 0 Å². The van der Waals surface area contributed by atoms with Gasteiger partial charge >= 0.3 is 0 Å². The van der Waals surface area contributed by atoms with Gasteiger partial charge in [0.25, 0.3) is 0 Å². The summed E-state index contributed by atoms with van der Waals surface area (Å²) in [5.41, 5.74) is 3.83. The van der Waals surface area contributed by atoms with E-state index in [0.717, 1.165) is 33.6 Å². The van der Waals surface area contributed by atoms with Crippen molar-refractivity contribution in [3.05, 3.63) is 69.8 Å². The minimum absolute atomic E-state index is 0.445. The summed E-state index contributed by atoms with van der Waals surface area (Å²) in [6.07, 6.45) is 3.54. The Morgan fingerprint density at radius 1 is 1.00 bits per heavy atom. The van der Waals surface area contributed by atoms with Gasteiger partial charge in [-0.1, -0.05) is 23.7 Å². The van der Waals surface area contributed by atoms with Gasteiger partial charge in [0.1, 0.15) is 22.9 Å². The molecule has 4 nitrogen and oxygen atoms in total. The second-order valence-electron chi connectivity index (χ2n) is 5.48. The van der Waals surface area contributed by atoms with E-state index in [-0.39, 0.29) is 0 Å². The van der Waals surface area contributed by atoms with Crippen molar-refractivity contribution in [2.75, 3.05) is 7.11 Å². The molecule has 2 heterocycles. The highest BCUT2D eigenvalue weighted by atomic mass is 127. The average Bonchev–Trinajstić information content (AvgIpc) is 3.03. The van der Waals surface area contributed by atoms with Crippen LogP contribution in [0.1, 0.15) is 0 Å². The Hall–Kier alpha value is -2.12. The van der Waals surface area contributed by atoms with Gasteiger partial charge in [0.15, 0.2) is 0 Å². The number of methoxy groups -OCH3 is 1. The molecular weight excluding hydrogens is 449 g/mol. The molecule has 4 rings (SSSR count). The zero-order chi connectivity index (χ0) is 17.4. The van der Waals surface area contributed by atoms with E-state index >= 15 is 0 Å². The van der Waals surface area contributed by atoms with Gasteiger partial charge in [-0.2, -0.15) is 0 Å². The molecular formula is C19H13ClIN3O. The monoisotopic (exact) mass is 461 g/mol. The maximum Gasteiger partial charge on any atom is 0.150 e. The van der Waals surface area contributed by atoms with Gasteiger partial charge in [0.05, 0.1) is 12.5 Å². The normalized spacial score (nSPS) is 11.0. The average molecular weight is 462 g/mol. The summed E-state index contributed by atoms with van der Waals surface area (Å²) in [5, 5.41) is 1.29. The SMILES string of the molecule is COc1ccc(-c2cn(-c3ccc(I)cc3)c3ncnc(Cl)c23)cc1. The number of hydrogen-bond donors (Lipinski definition) is 0. The molecule has 0 N–H and O–H groups in total. The Bertz CT molecular complexity index is 1040. The second kappa shape index (κ2) is 6.65. The van der Waals surface area contributed by atoms with Crippen LogP contribution in [-0.4, -0.2) is 21.6 Å². The Balaban J connectivity index is 1.96. The summed E-state index contributed by atoms with van der Waals surface area (Å²) < 4.78 is 8.47. The number of halogens is 2. The third-order valence-electron chi connectivity index (χ3n) is 4.04. The quantitative estimate of drug-likeness (QED) is 0.305. The molecule has 0 bridgehead atoms. The van der Waals surface area contributed by atoms with Crippen LogP contribution in [0.4, 0.5) is 0 Å². The number of rotatable bonds is 3. The van der Waals surface area contributed by atoms with E-state index in [0.29, 0.717) is 5.15 Å². The van der Waals surface area contributed by atoms with E-state index in [2.05, 4.69) is 63.0 Å².